The second kappa shape index (κ2) is 4.09. The van der Waals surface area contributed by atoms with Gasteiger partial charge < -0.3 is 9.84 Å². The second-order valence-corrected chi connectivity index (χ2v) is 5.13. The molecule has 1 N–H and O–H groups in total. The van der Waals surface area contributed by atoms with Crippen LogP contribution < -0.4 is 4.74 Å². The highest BCUT2D eigenvalue weighted by atomic mass is 79.9. The monoisotopic (exact) mass is 284 g/mol. The molecule has 0 spiro atoms. The van der Waals surface area contributed by atoms with Crippen LogP contribution in [0.1, 0.15) is 18.4 Å². The molecule has 1 fully saturated rings. The third-order valence-electron chi connectivity index (χ3n) is 3.09. The fraction of sp³-hybridized carbons (Fsp3) is 0.417. The van der Waals surface area contributed by atoms with Crippen LogP contribution in [-0.4, -0.2) is 18.2 Å². The lowest BCUT2D eigenvalue weighted by molar-refractivity contribution is -0.143. The molecule has 0 bridgehead atoms. The third kappa shape index (κ3) is 2.07. The van der Waals surface area contributed by atoms with Gasteiger partial charge >= 0.3 is 5.97 Å². The number of carboxylic acids is 1. The lowest BCUT2D eigenvalue weighted by Crippen LogP contribution is -2.17. The Morgan fingerprint density at radius 1 is 1.56 bits per heavy atom. The standard InChI is InChI=1S/C12H13BrO3/c1-16-10-6-9(13)3-2-8(10)7-12(4-5-12)11(14)15/h2-3,6H,4-5,7H2,1H3,(H,14,15). The zero-order valence-corrected chi connectivity index (χ0v) is 10.6. The van der Waals surface area contributed by atoms with Gasteiger partial charge in [-0.3, -0.25) is 4.79 Å². The lowest BCUT2D eigenvalue weighted by atomic mass is 9.96. The van der Waals surface area contributed by atoms with Crippen LogP contribution in [0.3, 0.4) is 0 Å². The van der Waals surface area contributed by atoms with Crippen LogP contribution in [0.25, 0.3) is 0 Å². The van der Waals surface area contributed by atoms with Crippen LogP contribution in [0.4, 0.5) is 0 Å². The Kier molecular flexibility index (Phi) is 2.93. The van der Waals surface area contributed by atoms with Crippen molar-refractivity contribution < 1.29 is 14.6 Å². The van der Waals surface area contributed by atoms with Crippen LogP contribution in [-0.2, 0) is 11.2 Å². The predicted molar refractivity (Wildman–Crippen MR) is 63.7 cm³/mol. The summed E-state index contributed by atoms with van der Waals surface area (Å²) in [4.78, 5) is 11.1. The topological polar surface area (TPSA) is 46.5 Å². The summed E-state index contributed by atoms with van der Waals surface area (Å²) in [6.07, 6.45) is 2.09. The maximum Gasteiger partial charge on any atom is 0.309 e. The first kappa shape index (κ1) is 11.5. The van der Waals surface area contributed by atoms with E-state index in [1.807, 2.05) is 18.2 Å². The van der Waals surface area contributed by atoms with E-state index in [4.69, 9.17) is 9.84 Å². The number of benzene rings is 1. The fourth-order valence-electron chi connectivity index (χ4n) is 1.85. The van der Waals surface area contributed by atoms with Crippen LogP contribution >= 0.6 is 15.9 Å². The van der Waals surface area contributed by atoms with Crippen molar-refractivity contribution in [3.63, 3.8) is 0 Å². The quantitative estimate of drug-likeness (QED) is 0.925. The van der Waals surface area contributed by atoms with Gasteiger partial charge in [-0.1, -0.05) is 22.0 Å². The minimum Gasteiger partial charge on any atom is -0.496 e. The summed E-state index contributed by atoms with van der Waals surface area (Å²) >= 11 is 3.36. The zero-order valence-electron chi connectivity index (χ0n) is 9.00. The fourth-order valence-corrected chi connectivity index (χ4v) is 2.19. The van der Waals surface area contributed by atoms with Gasteiger partial charge in [-0.15, -0.1) is 0 Å². The first-order valence-corrected chi connectivity index (χ1v) is 5.92. The smallest absolute Gasteiger partial charge is 0.309 e. The average Bonchev–Trinajstić information content (AvgIpc) is 3.02. The first-order valence-electron chi connectivity index (χ1n) is 5.13. The van der Waals surface area contributed by atoms with Crippen molar-refractivity contribution in [2.45, 2.75) is 19.3 Å². The normalized spacial score (nSPS) is 16.9. The number of aliphatic carboxylic acids is 1. The number of hydrogen-bond donors (Lipinski definition) is 1. The van der Waals surface area contributed by atoms with Gasteiger partial charge in [-0.05, 0) is 37.0 Å². The van der Waals surface area contributed by atoms with Gasteiger partial charge in [0.15, 0.2) is 0 Å². The molecule has 0 unspecified atom stereocenters. The van der Waals surface area contributed by atoms with E-state index in [1.165, 1.54) is 0 Å². The van der Waals surface area contributed by atoms with Crippen molar-refractivity contribution in [3.05, 3.63) is 28.2 Å². The van der Waals surface area contributed by atoms with Crippen molar-refractivity contribution in [3.8, 4) is 5.75 Å². The van der Waals surface area contributed by atoms with Gasteiger partial charge in [-0.2, -0.15) is 0 Å². The molecule has 0 aliphatic heterocycles. The van der Waals surface area contributed by atoms with E-state index in [9.17, 15) is 4.79 Å². The summed E-state index contributed by atoms with van der Waals surface area (Å²) in [5.41, 5.74) is 0.423. The van der Waals surface area contributed by atoms with E-state index in [-0.39, 0.29) is 0 Å². The first-order chi connectivity index (χ1) is 7.57. The highest BCUT2D eigenvalue weighted by Gasteiger charge is 2.50. The molecule has 3 nitrogen and oxygen atoms in total. The van der Waals surface area contributed by atoms with E-state index in [0.717, 1.165) is 28.6 Å². The lowest BCUT2D eigenvalue weighted by Gasteiger charge is -2.13. The van der Waals surface area contributed by atoms with Gasteiger partial charge in [0, 0.05) is 4.47 Å². The average molecular weight is 285 g/mol. The Hall–Kier alpha value is -1.03. The molecule has 1 aromatic carbocycles. The summed E-state index contributed by atoms with van der Waals surface area (Å²) in [5, 5.41) is 9.13. The zero-order chi connectivity index (χ0) is 11.8. The Morgan fingerprint density at radius 2 is 2.25 bits per heavy atom. The Balaban J connectivity index is 2.25. The summed E-state index contributed by atoms with van der Waals surface area (Å²) < 4.78 is 6.19. The molecule has 4 heteroatoms. The van der Waals surface area contributed by atoms with Crippen LogP contribution in [0.2, 0.25) is 0 Å². The summed E-state index contributed by atoms with van der Waals surface area (Å²) in [5.74, 6) is 0.0550. The molecule has 0 aromatic heterocycles. The molecule has 1 aromatic rings. The maximum atomic E-state index is 11.1. The SMILES string of the molecule is COc1cc(Br)ccc1CC1(C(=O)O)CC1. The molecule has 1 aliphatic rings. The minimum atomic E-state index is -0.697. The minimum absolute atomic E-state index is 0.541. The second-order valence-electron chi connectivity index (χ2n) is 4.22. The Morgan fingerprint density at radius 3 is 2.75 bits per heavy atom. The molecule has 0 amide bonds. The van der Waals surface area contributed by atoms with Crippen molar-refractivity contribution in [2.24, 2.45) is 5.41 Å². The maximum absolute atomic E-state index is 11.1. The Labute approximate surface area is 103 Å². The van der Waals surface area contributed by atoms with Gasteiger partial charge in [0.25, 0.3) is 0 Å². The molecular weight excluding hydrogens is 272 g/mol. The number of ether oxygens (including phenoxy) is 1. The number of halogens is 1. The van der Waals surface area contributed by atoms with Crippen molar-refractivity contribution in [2.75, 3.05) is 7.11 Å². The molecule has 2 rings (SSSR count). The molecule has 0 saturated heterocycles. The molecule has 1 saturated carbocycles. The van der Waals surface area contributed by atoms with E-state index in [0.29, 0.717) is 6.42 Å². The van der Waals surface area contributed by atoms with E-state index < -0.39 is 11.4 Å². The molecule has 0 radical (unpaired) electrons. The summed E-state index contributed by atoms with van der Waals surface area (Å²) in [7, 11) is 1.60. The van der Waals surface area contributed by atoms with Crippen molar-refractivity contribution >= 4 is 21.9 Å². The molecule has 86 valence electrons. The summed E-state index contributed by atoms with van der Waals surface area (Å²) in [6, 6.07) is 5.70. The highest BCUT2D eigenvalue weighted by Crippen LogP contribution is 2.49. The van der Waals surface area contributed by atoms with E-state index in [1.54, 1.807) is 7.11 Å². The van der Waals surface area contributed by atoms with Crippen molar-refractivity contribution in [1.82, 2.24) is 0 Å². The van der Waals surface area contributed by atoms with Gasteiger partial charge in [0.1, 0.15) is 5.75 Å². The molecule has 0 atom stereocenters. The van der Waals surface area contributed by atoms with Crippen molar-refractivity contribution in [1.29, 1.82) is 0 Å². The van der Waals surface area contributed by atoms with Gasteiger partial charge in [-0.25, -0.2) is 0 Å². The number of rotatable bonds is 4. The molecular formula is C12H13BrO3. The van der Waals surface area contributed by atoms with E-state index >= 15 is 0 Å². The molecule has 16 heavy (non-hydrogen) atoms. The van der Waals surface area contributed by atoms with Crippen LogP contribution in [0, 0.1) is 5.41 Å². The third-order valence-corrected chi connectivity index (χ3v) is 3.58. The molecule has 0 heterocycles. The number of carboxylic acid groups (broad SMARTS) is 1. The van der Waals surface area contributed by atoms with E-state index in [2.05, 4.69) is 15.9 Å². The Bertz CT molecular complexity index is 424. The van der Waals surface area contributed by atoms with Gasteiger partial charge in [0.05, 0.1) is 12.5 Å². The number of carbonyl (C=O) groups is 1. The van der Waals surface area contributed by atoms with Crippen LogP contribution in [0.15, 0.2) is 22.7 Å². The van der Waals surface area contributed by atoms with Crippen LogP contribution in [0.5, 0.6) is 5.75 Å². The largest absolute Gasteiger partial charge is 0.496 e. The van der Waals surface area contributed by atoms with Gasteiger partial charge in [0.2, 0.25) is 0 Å². The highest BCUT2D eigenvalue weighted by molar-refractivity contribution is 9.10. The number of methoxy groups -OCH3 is 1. The molecule has 1 aliphatic carbocycles. The predicted octanol–water partition coefficient (Wildman–Crippen LogP) is 2.87. The summed E-state index contributed by atoms with van der Waals surface area (Å²) in [6.45, 7) is 0. The number of hydrogen-bond acceptors (Lipinski definition) is 2.